The fourth-order valence-electron chi connectivity index (χ4n) is 1.77. The maximum atomic E-state index is 11.2. The van der Waals surface area contributed by atoms with Crippen LogP contribution < -0.4 is 5.32 Å². The smallest absolute Gasteiger partial charge is 0.358 e. The number of hydrogen-bond donors (Lipinski definition) is 2. The highest BCUT2D eigenvalue weighted by Crippen LogP contribution is 2.26. The molecule has 6 heteroatoms. The van der Waals surface area contributed by atoms with Crippen molar-refractivity contribution in [3.05, 3.63) is 18.1 Å². The quantitative estimate of drug-likeness (QED) is 0.739. The molecule has 2 N–H and O–H groups in total. The van der Waals surface area contributed by atoms with Gasteiger partial charge < -0.3 is 15.2 Å². The van der Waals surface area contributed by atoms with Gasteiger partial charge in [0.2, 0.25) is 0 Å². The first-order valence-corrected chi connectivity index (χ1v) is 5.51. The summed E-state index contributed by atoms with van der Waals surface area (Å²) in [4.78, 5) is 19.2. The highest BCUT2D eigenvalue weighted by atomic mass is 16.5. The second-order valence-corrected chi connectivity index (χ2v) is 4.15. The number of aromatic nitrogens is 2. The first kappa shape index (κ1) is 11.8. The molecule has 0 saturated heterocycles. The molecule has 1 heterocycles. The van der Waals surface area contributed by atoms with E-state index >= 15 is 0 Å². The monoisotopic (exact) mass is 237 g/mol. The van der Waals surface area contributed by atoms with Crippen molar-refractivity contribution in [3.8, 4) is 0 Å². The third-order valence-corrected chi connectivity index (χ3v) is 2.81. The minimum absolute atomic E-state index is 0.158. The number of rotatable bonds is 4. The van der Waals surface area contributed by atoms with Crippen LogP contribution in [-0.4, -0.2) is 40.8 Å². The summed E-state index contributed by atoms with van der Waals surface area (Å²) in [7, 11) is 1.31. The molecule has 0 amide bonds. The SMILES string of the molecule is COC(=O)c1cncc(NCC2CC(O)C2)n1. The van der Waals surface area contributed by atoms with Crippen molar-refractivity contribution in [2.45, 2.75) is 18.9 Å². The number of methoxy groups -OCH3 is 1. The lowest BCUT2D eigenvalue weighted by Gasteiger charge is -2.31. The van der Waals surface area contributed by atoms with Gasteiger partial charge in [-0.2, -0.15) is 0 Å². The maximum absolute atomic E-state index is 11.2. The van der Waals surface area contributed by atoms with Gasteiger partial charge in [-0.3, -0.25) is 4.98 Å². The van der Waals surface area contributed by atoms with Gasteiger partial charge in [0.1, 0.15) is 5.82 Å². The standard InChI is InChI=1S/C11H15N3O3/c1-17-11(16)9-5-12-6-10(14-9)13-4-7-2-8(15)3-7/h5-8,15H,2-4H2,1H3,(H,13,14). The average Bonchev–Trinajstić information content (AvgIpc) is 2.32. The number of aliphatic hydroxyl groups is 1. The summed E-state index contributed by atoms with van der Waals surface area (Å²) in [5.41, 5.74) is 0.186. The Morgan fingerprint density at radius 3 is 3.00 bits per heavy atom. The van der Waals surface area contributed by atoms with Crippen LogP contribution in [0.15, 0.2) is 12.4 Å². The van der Waals surface area contributed by atoms with Gasteiger partial charge in [-0.1, -0.05) is 0 Å². The van der Waals surface area contributed by atoms with Crippen LogP contribution in [0.1, 0.15) is 23.3 Å². The molecule has 6 nitrogen and oxygen atoms in total. The molecule has 0 aliphatic heterocycles. The zero-order chi connectivity index (χ0) is 12.3. The summed E-state index contributed by atoms with van der Waals surface area (Å²) in [6.45, 7) is 0.733. The summed E-state index contributed by atoms with van der Waals surface area (Å²) in [5.74, 6) is 0.517. The van der Waals surface area contributed by atoms with E-state index in [1.54, 1.807) is 6.20 Å². The van der Waals surface area contributed by atoms with E-state index in [0.717, 1.165) is 19.4 Å². The van der Waals surface area contributed by atoms with Crippen LogP contribution in [-0.2, 0) is 4.74 Å². The zero-order valence-electron chi connectivity index (χ0n) is 9.59. The van der Waals surface area contributed by atoms with E-state index in [4.69, 9.17) is 5.11 Å². The van der Waals surface area contributed by atoms with Crippen molar-refractivity contribution in [1.82, 2.24) is 9.97 Å². The second-order valence-electron chi connectivity index (χ2n) is 4.15. The Morgan fingerprint density at radius 2 is 2.35 bits per heavy atom. The van der Waals surface area contributed by atoms with Crippen molar-refractivity contribution in [2.75, 3.05) is 19.0 Å². The number of hydrogen-bond acceptors (Lipinski definition) is 6. The van der Waals surface area contributed by atoms with Gasteiger partial charge in [-0.25, -0.2) is 9.78 Å². The number of nitrogens with zero attached hydrogens (tertiary/aromatic N) is 2. The molecule has 0 atom stereocenters. The molecular weight excluding hydrogens is 222 g/mol. The predicted molar refractivity (Wildman–Crippen MR) is 60.6 cm³/mol. The summed E-state index contributed by atoms with van der Waals surface area (Å²) in [6, 6.07) is 0. The van der Waals surface area contributed by atoms with Crippen LogP contribution in [0.25, 0.3) is 0 Å². The number of carbonyl (C=O) groups is 1. The van der Waals surface area contributed by atoms with E-state index in [1.165, 1.54) is 13.3 Å². The lowest BCUT2D eigenvalue weighted by molar-refractivity contribution is 0.0486. The first-order valence-electron chi connectivity index (χ1n) is 5.51. The summed E-state index contributed by atoms with van der Waals surface area (Å²) in [6.07, 6.45) is 4.40. The molecule has 0 aromatic carbocycles. The minimum Gasteiger partial charge on any atom is -0.464 e. The molecular formula is C11H15N3O3. The van der Waals surface area contributed by atoms with Gasteiger partial charge in [0, 0.05) is 6.54 Å². The molecule has 1 aliphatic rings. The van der Waals surface area contributed by atoms with Crippen molar-refractivity contribution in [3.63, 3.8) is 0 Å². The average molecular weight is 237 g/mol. The number of anilines is 1. The highest BCUT2D eigenvalue weighted by Gasteiger charge is 2.26. The lowest BCUT2D eigenvalue weighted by atomic mass is 9.82. The van der Waals surface area contributed by atoms with E-state index in [2.05, 4.69) is 20.0 Å². The summed E-state index contributed by atoms with van der Waals surface area (Å²) >= 11 is 0. The topological polar surface area (TPSA) is 84.3 Å². The molecule has 92 valence electrons. The van der Waals surface area contributed by atoms with E-state index in [1.807, 2.05) is 0 Å². The maximum Gasteiger partial charge on any atom is 0.358 e. The number of esters is 1. The summed E-state index contributed by atoms with van der Waals surface area (Å²) < 4.78 is 4.56. The van der Waals surface area contributed by atoms with Gasteiger partial charge >= 0.3 is 5.97 Å². The Bertz CT molecular complexity index is 405. The van der Waals surface area contributed by atoms with Crippen LogP contribution in [0.3, 0.4) is 0 Å². The van der Waals surface area contributed by atoms with Gasteiger partial charge in [-0.15, -0.1) is 0 Å². The Hall–Kier alpha value is -1.69. The first-order chi connectivity index (χ1) is 8.19. The van der Waals surface area contributed by atoms with Gasteiger partial charge in [0.15, 0.2) is 5.69 Å². The van der Waals surface area contributed by atoms with Crippen molar-refractivity contribution >= 4 is 11.8 Å². The summed E-state index contributed by atoms with van der Waals surface area (Å²) in [5, 5.41) is 12.2. The van der Waals surface area contributed by atoms with Crippen LogP contribution >= 0.6 is 0 Å². The Morgan fingerprint density at radius 1 is 1.59 bits per heavy atom. The molecule has 1 aromatic rings. The fourth-order valence-corrected chi connectivity index (χ4v) is 1.77. The lowest BCUT2D eigenvalue weighted by Crippen LogP contribution is -2.33. The fraction of sp³-hybridized carbons (Fsp3) is 0.545. The van der Waals surface area contributed by atoms with Crippen molar-refractivity contribution in [1.29, 1.82) is 0 Å². The van der Waals surface area contributed by atoms with E-state index in [0.29, 0.717) is 11.7 Å². The van der Waals surface area contributed by atoms with Crippen LogP contribution in [0.2, 0.25) is 0 Å². The second kappa shape index (κ2) is 5.09. The predicted octanol–water partition coefficient (Wildman–Crippen LogP) is 0.446. The molecule has 0 unspecified atom stereocenters. The van der Waals surface area contributed by atoms with E-state index in [9.17, 15) is 4.79 Å². The van der Waals surface area contributed by atoms with Crippen LogP contribution in [0.4, 0.5) is 5.82 Å². The highest BCUT2D eigenvalue weighted by molar-refractivity contribution is 5.87. The van der Waals surface area contributed by atoms with Crippen LogP contribution in [0.5, 0.6) is 0 Å². The third-order valence-electron chi connectivity index (χ3n) is 2.81. The van der Waals surface area contributed by atoms with Crippen LogP contribution in [0, 0.1) is 5.92 Å². The zero-order valence-corrected chi connectivity index (χ0v) is 9.59. The number of nitrogens with one attached hydrogen (secondary N) is 1. The molecule has 0 spiro atoms. The van der Waals surface area contributed by atoms with Gasteiger partial charge in [-0.05, 0) is 18.8 Å². The van der Waals surface area contributed by atoms with E-state index in [-0.39, 0.29) is 11.8 Å². The number of ether oxygens (including phenoxy) is 1. The molecule has 0 bridgehead atoms. The Labute approximate surface area is 99.0 Å². The number of aliphatic hydroxyl groups excluding tert-OH is 1. The van der Waals surface area contributed by atoms with Gasteiger partial charge in [0.05, 0.1) is 25.6 Å². The largest absolute Gasteiger partial charge is 0.464 e. The molecule has 2 rings (SSSR count). The van der Waals surface area contributed by atoms with Crippen molar-refractivity contribution in [2.24, 2.45) is 5.92 Å². The Kier molecular flexibility index (Phi) is 3.53. The molecule has 1 saturated carbocycles. The Balaban J connectivity index is 1.90. The van der Waals surface area contributed by atoms with Crippen molar-refractivity contribution < 1.29 is 14.6 Å². The minimum atomic E-state index is -0.500. The molecule has 0 radical (unpaired) electrons. The molecule has 1 aromatic heterocycles. The molecule has 1 aliphatic carbocycles. The normalized spacial score (nSPS) is 22.7. The number of carbonyl (C=O) groups excluding carboxylic acids is 1. The van der Waals surface area contributed by atoms with Gasteiger partial charge in [0.25, 0.3) is 0 Å². The molecule has 17 heavy (non-hydrogen) atoms. The van der Waals surface area contributed by atoms with E-state index < -0.39 is 5.97 Å². The third kappa shape index (κ3) is 2.91. The molecule has 1 fully saturated rings.